The van der Waals surface area contributed by atoms with Crippen molar-refractivity contribution in [2.24, 2.45) is 5.10 Å². The number of rotatable bonds is 6. The number of halogens is 2. The van der Waals surface area contributed by atoms with Crippen LogP contribution in [0.25, 0.3) is 0 Å². The zero-order chi connectivity index (χ0) is 16.7. The van der Waals surface area contributed by atoms with Gasteiger partial charge in [0.05, 0.1) is 19.0 Å². The van der Waals surface area contributed by atoms with Crippen molar-refractivity contribution >= 4 is 39.4 Å². The second kappa shape index (κ2) is 8.42. The molecular formula is C16H13BrClN3O2. The van der Waals surface area contributed by atoms with Gasteiger partial charge in [0, 0.05) is 15.1 Å². The average Bonchev–Trinajstić information content (AvgIpc) is 2.56. The van der Waals surface area contributed by atoms with Crippen LogP contribution in [0.5, 0.6) is 11.5 Å². The molecule has 0 saturated carbocycles. The lowest BCUT2D eigenvalue weighted by Gasteiger charge is -2.10. The maximum Gasteiger partial charge on any atom is 0.174 e. The number of hydrazone groups is 1. The second-order valence-corrected chi connectivity index (χ2v) is 5.64. The van der Waals surface area contributed by atoms with Gasteiger partial charge in [0.1, 0.15) is 6.07 Å². The summed E-state index contributed by atoms with van der Waals surface area (Å²) in [6.07, 6.45) is 1.65. The molecule has 0 fully saturated rings. The molecule has 2 rings (SSSR count). The van der Waals surface area contributed by atoms with Crippen molar-refractivity contribution < 1.29 is 9.47 Å². The Morgan fingerprint density at radius 3 is 2.70 bits per heavy atom. The van der Waals surface area contributed by atoms with E-state index < -0.39 is 0 Å². The maximum atomic E-state index is 8.59. The van der Waals surface area contributed by atoms with Gasteiger partial charge in [-0.25, -0.2) is 0 Å². The SMILES string of the molecule is COc1cc(/C=N/Nc2ccc(Cl)cc2)c(Br)cc1OCC#N. The molecule has 0 amide bonds. The summed E-state index contributed by atoms with van der Waals surface area (Å²) in [5, 5.41) is 13.4. The molecule has 0 heterocycles. The van der Waals surface area contributed by atoms with Gasteiger partial charge in [-0.1, -0.05) is 11.6 Å². The Hall–Kier alpha value is -2.23. The van der Waals surface area contributed by atoms with Crippen molar-refractivity contribution in [1.82, 2.24) is 0 Å². The summed E-state index contributed by atoms with van der Waals surface area (Å²) < 4.78 is 11.3. The summed E-state index contributed by atoms with van der Waals surface area (Å²) in [6.45, 7) is -0.0473. The molecule has 0 radical (unpaired) electrons. The molecule has 0 aromatic heterocycles. The van der Waals surface area contributed by atoms with Crippen LogP contribution < -0.4 is 14.9 Å². The van der Waals surface area contributed by atoms with Gasteiger partial charge in [-0.15, -0.1) is 0 Å². The van der Waals surface area contributed by atoms with Crippen molar-refractivity contribution in [3.63, 3.8) is 0 Å². The lowest BCUT2D eigenvalue weighted by Crippen LogP contribution is -1.99. The number of hydrogen-bond acceptors (Lipinski definition) is 5. The second-order valence-electron chi connectivity index (χ2n) is 4.35. The summed E-state index contributed by atoms with van der Waals surface area (Å²) in [5.74, 6) is 1.01. The summed E-state index contributed by atoms with van der Waals surface area (Å²) in [4.78, 5) is 0. The van der Waals surface area contributed by atoms with E-state index in [-0.39, 0.29) is 6.61 Å². The molecule has 23 heavy (non-hydrogen) atoms. The largest absolute Gasteiger partial charge is 0.493 e. The Morgan fingerprint density at radius 2 is 2.04 bits per heavy atom. The normalized spacial score (nSPS) is 10.3. The van der Waals surface area contributed by atoms with Gasteiger partial charge in [-0.05, 0) is 52.3 Å². The number of nitrogens with zero attached hydrogens (tertiary/aromatic N) is 2. The van der Waals surface area contributed by atoms with E-state index in [4.69, 9.17) is 26.3 Å². The van der Waals surface area contributed by atoms with Gasteiger partial charge in [0.15, 0.2) is 18.1 Å². The van der Waals surface area contributed by atoms with Crippen LogP contribution in [-0.4, -0.2) is 19.9 Å². The van der Waals surface area contributed by atoms with E-state index in [1.54, 1.807) is 30.5 Å². The fourth-order valence-corrected chi connectivity index (χ4v) is 2.28. The van der Waals surface area contributed by atoms with Crippen molar-refractivity contribution in [2.75, 3.05) is 19.1 Å². The highest BCUT2D eigenvalue weighted by molar-refractivity contribution is 9.10. The Bertz CT molecular complexity index is 742. The Kier molecular flexibility index (Phi) is 6.27. The van der Waals surface area contributed by atoms with Crippen LogP contribution in [0.2, 0.25) is 5.02 Å². The number of benzene rings is 2. The third kappa shape index (κ3) is 4.88. The molecule has 7 heteroatoms. The molecule has 1 N–H and O–H groups in total. The zero-order valence-corrected chi connectivity index (χ0v) is 14.6. The van der Waals surface area contributed by atoms with Gasteiger partial charge in [0.25, 0.3) is 0 Å². The average molecular weight is 395 g/mol. The first-order chi connectivity index (χ1) is 11.1. The molecule has 5 nitrogen and oxygen atoms in total. The van der Waals surface area contributed by atoms with Gasteiger partial charge in [-0.3, -0.25) is 5.43 Å². The van der Waals surface area contributed by atoms with Crippen molar-refractivity contribution in [3.05, 3.63) is 51.5 Å². The van der Waals surface area contributed by atoms with E-state index in [1.807, 2.05) is 18.2 Å². The molecule has 2 aromatic carbocycles. The van der Waals surface area contributed by atoms with Crippen LogP contribution in [0.15, 0.2) is 46.0 Å². The summed E-state index contributed by atoms with van der Waals surface area (Å²) in [7, 11) is 1.54. The molecule has 118 valence electrons. The third-order valence-corrected chi connectivity index (χ3v) is 3.76. The van der Waals surface area contributed by atoms with Crippen LogP contribution in [0, 0.1) is 11.3 Å². The molecule has 2 aromatic rings. The number of methoxy groups -OCH3 is 1. The van der Waals surface area contributed by atoms with Crippen LogP contribution in [0.3, 0.4) is 0 Å². The smallest absolute Gasteiger partial charge is 0.174 e. The molecule has 0 aliphatic heterocycles. The minimum atomic E-state index is -0.0473. The van der Waals surface area contributed by atoms with E-state index in [9.17, 15) is 0 Å². The third-order valence-electron chi connectivity index (χ3n) is 2.82. The lowest BCUT2D eigenvalue weighted by atomic mass is 10.2. The number of anilines is 1. The fourth-order valence-electron chi connectivity index (χ4n) is 1.73. The zero-order valence-electron chi connectivity index (χ0n) is 12.2. The van der Waals surface area contributed by atoms with Gasteiger partial charge >= 0.3 is 0 Å². The fraction of sp³-hybridized carbons (Fsp3) is 0.125. The van der Waals surface area contributed by atoms with Crippen molar-refractivity contribution in [1.29, 1.82) is 5.26 Å². The van der Waals surface area contributed by atoms with Gasteiger partial charge in [-0.2, -0.15) is 10.4 Å². The van der Waals surface area contributed by atoms with Crippen LogP contribution in [0.4, 0.5) is 5.69 Å². The first-order valence-corrected chi connectivity index (χ1v) is 7.73. The standard InChI is InChI=1S/C16H13BrClN3O2/c1-22-15-8-11(14(17)9-16(15)23-7-6-19)10-20-21-13-4-2-12(18)3-5-13/h2-5,8-10,21H,7H2,1H3/b20-10+. The topological polar surface area (TPSA) is 66.6 Å². The van der Waals surface area contributed by atoms with Crippen LogP contribution in [-0.2, 0) is 0 Å². The number of nitrogens with one attached hydrogen (secondary N) is 1. The van der Waals surface area contributed by atoms with E-state index in [1.165, 1.54) is 7.11 Å². The molecule has 0 unspecified atom stereocenters. The van der Waals surface area contributed by atoms with E-state index in [0.717, 1.165) is 15.7 Å². The number of ether oxygens (including phenoxy) is 2. The highest BCUT2D eigenvalue weighted by Gasteiger charge is 2.09. The highest BCUT2D eigenvalue weighted by atomic mass is 79.9. The molecule has 0 aliphatic rings. The summed E-state index contributed by atoms with van der Waals surface area (Å²) in [6, 6.07) is 12.6. The maximum absolute atomic E-state index is 8.59. The Morgan fingerprint density at radius 1 is 1.30 bits per heavy atom. The van der Waals surface area contributed by atoms with Crippen LogP contribution >= 0.6 is 27.5 Å². The number of nitriles is 1. The van der Waals surface area contributed by atoms with Gasteiger partial charge < -0.3 is 9.47 Å². The molecule has 0 spiro atoms. The summed E-state index contributed by atoms with van der Waals surface area (Å²) >= 11 is 9.27. The Labute approximate surface area is 147 Å². The first-order valence-electron chi connectivity index (χ1n) is 6.56. The predicted molar refractivity (Wildman–Crippen MR) is 94.5 cm³/mol. The Balaban J connectivity index is 2.14. The first kappa shape index (κ1) is 17.1. The summed E-state index contributed by atoms with van der Waals surface area (Å²) in [5.41, 5.74) is 4.53. The van der Waals surface area contributed by atoms with E-state index >= 15 is 0 Å². The van der Waals surface area contributed by atoms with E-state index in [2.05, 4.69) is 26.5 Å². The van der Waals surface area contributed by atoms with Crippen LogP contribution in [0.1, 0.15) is 5.56 Å². The molecular weight excluding hydrogens is 382 g/mol. The minimum absolute atomic E-state index is 0.0473. The monoisotopic (exact) mass is 393 g/mol. The van der Waals surface area contributed by atoms with Gasteiger partial charge in [0.2, 0.25) is 0 Å². The number of hydrogen-bond donors (Lipinski definition) is 1. The molecule has 0 saturated heterocycles. The van der Waals surface area contributed by atoms with Crippen molar-refractivity contribution in [2.45, 2.75) is 0 Å². The lowest BCUT2D eigenvalue weighted by molar-refractivity contribution is 0.329. The molecule has 0 aliphatic carbocycles. The minimum Gasteiger partial charge on any atom is -0.493 e. The van der Waals surface area contributed by atoms with E-state index in [0.29, 0.717) is 16.5 Å². The predicted octanol–water partition coefficient (Wildman–Crippen LogP) is 4.46. The quantitative estimate of drug-likeness (QED) is 0.580. The molecule has 0 atom stereocenters. The highest BCUT2D eigenvalue weighted by Crippen LogP contribution is 2.32. The molecule has 0 bridgehead atoms. The van der Waals surface area contributed by atoms with Crippen molar-refractivity contribution in [3.8, 4) is 17.6 Å².